The van der Waals surface area contributed by atoms with E-state index in [4.69, 9.17) is 5.73 Å². The average Bonchev–Trinajstić information content (AvgIpc) is 2.28. The minimum Gasteiger partial charge on any atom is -0.326 e. The highest BCUT2D eigenvalue weighted by molar-refractivity contribution is 7.12. The van der Waals surface area contributed by atoms with E-state index in [9.17, 15) is 0 Å². The van der Waals surface area contributed by atoms with Crippen molar-refractivity contribution in [2.45, 2.75) is 26.9 Å². The molecule has 3 N–H and O–H groups in total. The summed E-state index contributed by atoms with van der Waals surface area (Å²) in [6, 6.07) is 0. The first kappa shape index (κ1) is 9.71. The number of aryl methyl sites for hydroxylation is 2. The molecule has 0 saturated carbocycles. The van der Waals surface area contributed by atoms with Gasteiger partial charge >= 0.3 is 0 Å². The molecule has 1 heterocycles. The van der Waals surface area contributed by atoms with Gasteiger partial charge in [-0.2, -0.15) is 0 Å². The Morgan fingerprint density at radius 3 is 2.33 bits per heavy atom. The molecule has 0 aromatic carbocycles. The number of nitrogens with two attached hydrogens (primary N) is 1. The van der Waals surface area contributed by atoms with Crippen molar-refractivity contribution >= 4 is 11.3 Å². The summed E-state index contributed by atoms with van der Waals surface area (Å²) in [7, 11) is 1.97. The zero-order valence-electron chi connectivity index (χ0n) is 7.90. The van der Waals surface area contributed by atoms with Crippen LogP contribution in [0.25, 0.3) is 0 Å². The van der Waals surface area contributed by atoms with E-state index < -0.39 is 0 Å². The maximum Gasteiger partial charge on any atom is 0.0216 e. The monoisotopic (exact) mass is 184 g/mol. The number of rotatable bonds is 3. The van der Waals surface area contributed by atoms with Gasteiger partial charge in [0, 0.05) is 22.8 Å². The molecular formula is C9H16N2S. The second kappa shape index (κ2) is 4.03. The van der Waals surface area contributed by atoms with Gasteiger partial charge in [-0.15, -0.1) is 11.3 Å². The molecule has 1 aromatic rings. The number of hydrogen-bond donors (Lipinski definition) is 2. The van der Waals surface area contributed by atoms with Crippen LogP contribution in [0.1, 0.15) is 20.9 Å². The summed E-state index contributed by atoms with van der Waals surface area (Å²) in [5, 5.41) is 3.16. The largest absolute Gasteiger partial charge is 0.326 e. The molecule has 0 saturated heterocycles. The zero-order chi connectivity index (χ0) is 9.14. The van der Waals surface area contributed by atoms with Crippen LogP contribution in [0, 0.1) is 13.8 Å². The minimum absolute atomic E-state index is 0.660. The average molecular weight is 184 g/mol. The fourth-order valence-corrected chi connectivity index (χ4v) is 2.56. The minimum atomic E-state index is 0.660. The van der Waals surface area contributed by atoms with Gasteiger partial charge in [-0.05, 0) is 32.0 Å². The van der Waals surface area contributed by atoms with Crippen molar-refractivity contribution in [2.24, 2.45) is 5.73 Å². The molecule has 0 aliphatic rings. The fraction of sp³-hybridized carbons (Fsp3) is 0.556. The standard InChI is InChI=1S/C9H16N2S/c1-6-8(4-10)9(5-11-3)7(2)12-6/h11H,4-5,10H2,1-3H3. The van der Waals surface area contributed by atoms with Crippen LogP contribution >= 0.6 is 11.3 Å². The fourth-order valence-electron chi connectivity index (χ4n) is 1.45. The van der Waals surface area contributed by atoms with Gasteiger partial charge < -0.3 is 11.1 Å². The highest BCUT2D eigenvalue weighted by Gasteiger charge is 2.09. The Labute approximate surface area is 77.8 Å². The first-order valence-corrected chi connectivity index (χ1v) is 4.94. The molecule has 0 spiro atoms. The van der Waals surface area contributed by atoms with Gasteiger partial charge in [-0.25, -0.2) is 0 Å². The zero-order valence-corrected chi connectivity index (χ0v) is 8.72. The van der Waals surface area contributed by atoms with E-state index in [0.29, 0.717) is 6.54 Å². The molecule has 12 heavy (non-hydrogen) atoms. The predicted octanol–water partition coefficient (Wildman–Crippen LogP) is 1.54. The van der Waals surface area contributed by atoms with Crippen LogP contribution in [0.3, 0.4) is 0 Å². The summed E-state index contributed by atoms with van der Waals surface area (Å²) in [6.07, 6.45) is 0. The maximum atomic E-state index is 5.67. The third kappa shape index (κ3) is 1.68. The summed E-state index contributed by atoms with van der Waals surface area (Å²) in [5.41, 5.74) is 8.39. The van der Waals surface area contributed by atoms with E-state index in [1.54, 1.807) is 0 Å². The van der Waals surface area contributed by atoms with Crippen LogP contribution in [-0.2, 0) is 13.1 Å². The molecule has 0 radical (unpaired) electrons. The highest BCUT2D eigenvalue weighted by Crippen LogP contribution is 2.26. The van der Waals surface area contributed by atoms with Gasteiger partial charge in [0.05, 0.1) is 0 Å². The third-order valence-corrected chi connectivity index (χ3v) is 3.18. The van der Waals surface area contributed by atoms with E-state index in [2.05, 4.69) is 19.2 Å². The lowest BCUT2D eigenvalue weighted by Gasteiger charge is -2.02. The molecule has 0 atom stereocenters. The predicted molar refractivity (Wildman–Crippen MR) is 54.4 cm³/mol. The molecule has 0 aliphatic heterocycles. The van der Waals surface area contributed by atoms with Crippen LogP contribution < -0.4 is 11.1 Å². The Bertz CT molecular complexity index is 266. The lowest BCUT2D eigenvalue weighted by atomic mass is 10.1. The molecule has 0 fully saturated rings. The number of thiophene rings is 1. The molecule has 0 unspecified atom stereocenters. The molecular weight excluding hydrogens is 168 g/mol. The van der Waals surface area contributed by atoms with Crippen molar-refractivity contribution in [2.75, 3.05) is 7.05 Å². The lowest BCUT2D eigenvalue weighted by molar-refractivity contribution is 0.802. The van der Waals surface area contributed by atoms with Crippen molar-refractivity contribution in [3.8, 4) is 0 Å². The molecule has 1 rings (SSSR count). The molecule has 68 valence electrons. The van der Waals surface area contributed by atoms with Crippen LogP contribution in [0.2, 0.25) is 0 Å². The van der Waals surface area contributed by atoms with Gasteiger partial charge in [0.15, 0.2) is 0 Å². The molecule has 2 nitrogen and oxygen atoms in total. The van der Waals surface area contributed by atoms with E-state index >= 15 is 0 Å². The van der Waals surface area contributed by atoms with Gasteiger partial charge in [-0.3, -0.25) is 0 Å². The third-order valence-electron chi connectivity index (χ3n) is 2.08. The number of nitrogens with one attached hydrogen (secondary N) is 1. The first-order valence-electron chi connectivity index (χ1n) is 4.13. The molecule has 0 amide bonds. The summed E-state index contributed by atoms with van der Waals surface area (Å²) in [4.78, 5) is 2.75. The smallest absolute Gasteiger partial charge is 0.0216 e. The topological polar surface area (TPSA) is 38.0 Å². The van der Waals surface area contributed by atoms with E-state index in [0.717, 1.165) is 6.54 Å². The van der Waals surface area contributed by atoms with Crippen molar-refractivity contribution in [3.05, 3.63) is 20.9 Å². The van der Waals surface area contributed by atoms with Crippen LogP contribution in [0.15, 0.2) is 0 Å². The second-order valence-corrected chi connectivity index (χ2v) is 4.33. The second-order valence-electron chi connectivity index (χ2n) is 2.91. The molecule has 1 aromatic heterocycles. The Morgan fingerprint density at radius 1 is 1.25 bits per heavy atom. The van der Waals surface area contributed by atoms with E-state index in [-0.39, 0.29) is 0 Å². The van der Waals surface area contributed by atoms with Crippen molar-refractivity contribution in [1.82, 2.24) is 5.32 Å². The van der Waals surface area contributed by atoms with Crippen LogP contribution in [-0.4, -0.2) is 7.05 Å². The Kier molecular flexibility index (Phi) is 3.26. The first-order chi connectivity index (χ1) is 5.70. The Balaban J connectivity index is 3.04. The van der Waals surface area contributed by atoms with Gasteiger partial charge in [0.25, 0.3) is 0 Å². The van der Waals surface area contributed by atoms with Gasteiger partial charge in [0.2, 0.25) is 0 Å². The van der Waals surface area contributed by atoms with Crippen molar-refractivity contribution < 1.29 is 0 Å². The summed E-state index contributed by atoms with van der Waals surface area (Å²) >= 11 is 1.84. The van der Waals surface area contributed by atoms with E-state index in [1.807, 2.05) is 18.4 Å². The highest BCUT2D eigenvalue weighted by atomic mass is 32.1. The van der Waals surface area contributed by atoms with Crippen LogP contribution in [0.5, 0.6) is 0 Å². The lowest BCUT2D eigenvalue weighted by Crippen LogP contribution is -2.09. The SMILES string of the molecule is CNCc1c(C)sc(C)c1CN. The summed E-state index contributed by atoms with van der Waals surface area (Å²) < 4.78 is 0. The van der Waals surface area contributed by atoms with E-state index in [1.165, 1.54) is 20.9 Å². The van der Waals surface area contributed by atoms with Gasteiger partial charge in [-0.1, -0.05) is 0 Å². The quantitative estimate of drug-likeness (QED) is 0.748. The number of hydrogen-bond acceptors (Lipinski definition) is 3. The molecule has 3 heteroatoms. The molecule has 0 aliphatic carbocycles. The van der Waals surface area contributed by atoms with Gasteiger partial charge in [0.1, 0.15) is 0 Å². The maximum absolute atomic E-state index is 5.67. The summed E-state index contributed by atoms with van der Waals surface area (Å²) in [5.74, 6) is 0. The summed E-state index contributed by atoms with van der Waals surface area (Å²) in [6.45, 7) is 5.89. The normalized spacial score (nSPS) is 10.7. The van der Waals surface area contributed by atoms with Crippen molar-refractivity contribution in [1.29, 1.82) is 0 Å². The van der Waals surface area contributed by atoms with Crippen molar-refractivity contribution in [3.63, 3.8) is 0 Å². The molecule has 0 bridgehead atoms. The van der Waals surface area contributed by atoms with Crippen LogP contribution in [0.4, 0.5) is 0 Å². The Hall–Kier alpha value is -0.380. The Morgan fingerprint density at radius 2 is 1.83 bits per heavy atom.